The first-order chi connectivity index (χ1) is 10.1. The summed E-state index contributed by atoms with van der Waals surface area (Å²) in [5, 5.41) is 6.60. The van der Waals surface area contributed by atoms with E-state index in [4.69, 9.17) is 9.47 Å². The molecule has 0 heterocycles. The molecule has 0 aliphatic heterocycles. The molecule has 5 heteroatoms. The Balaban J connectivity index is 2.53. The number of hydrogen-bond donors (Lipinski definition) is 2. The van der Waals surface area contributed by atoms with Crippen molar-refractivity contribution in [3.05, 3.63) is 23.8 Å². The number of aliphatic imine (C=N–C) groups is 1. The molecule has 0 saturated carbocycles. The fraction of sp³-hybridized carbons (Fsp3) is 0.562. The SMILES string of the molecule is CN=C(NCCC(C)C)NCc1ccc(OC)c(OC)c1. The topological polar surface area (TPSA) is 54.9 Å². The molecule has 0 atom stereocenters. The molecule has 5 nitrogen and oxygen atoms in total. The van der Waals surface area contributed by atoms with Crippen LogP contribution >= 0.6 is 0 Å². The maximum Gasteiger partial charge on any atom is 0.191 e. The van der Waals surface area contributed by atoms with Crippen LogP contribution in [0.4, 0.5) is 0 Å². The minimum Gasteiger partial charge on any atom is -0.493 e. The van der Waals surface area contributed by atoms with Crippen molar-refractivity contribution in [3.8, 4) is 11.5 Å². The quantitative estimate of drug-likeness (QED) is 0.599. The summed E-state index contributed by atoms with van der Waals surface area (Å²) in [6.45, 7) is 6.02. The second-order valence-corrected chi connectivity index (χ2v) is 5.22. The third-order valence-electron chi connectivity index (χ3n) is 3.15. The van der Waals surface area contributed by atoms with Gasteiger partial charge in [0, 0.05) is 20.1 Å². The van der Waals surface area contributed by atoms with Crippen molar-refractivity contribution in [1.82, 2.24) is 10.6 Å². The highest BCUT2D eigenvalue weighted by Crippen LogP contribution is 2.27. The van der Waals surface area contributed by atoms with Gasteiger partial charge in [0.2, 0.25) is 0 Å². The van der Waals surface area contributed by atoms with Crippen LogP contribution in [0.1, 0.15) is 25.8 Å². The van der Waals surface area contributed by atoms with Crippen LogP contribution in [0.5, 0.6) is 11.5 Å². The zero-order valence-electron chi connectivity index (χ0n) is 13.7. The molecular weight excluding hydrogens is 266 g/mol. The van der Waals surface area contributed by atoms with Gasteiger partial charge in [-0.25, -0.2) is 0 Å². The predicted molar refractivity (Wildman–Crippen MR) is 87.2 cm³/mol. The number of guanidine groups is 1. The summed E-state index contributed by atoms with van der Waals surface area (Å²) in [6.07, 6.45) is 1.12. The zero-order chi connectivity index (χ0) is 15.7. The average molecular weight is 293 g/mol. The summed E-state index contributed by atoms with van der Waals surface area (Å²) in [5.74, 6) is 2.96. The fourth-order valence-electron chi connectivity index (χ4n) is 1.88. The van der Waals surface area contributed by atoms with Crippen molar-refractivity contribution < 1.29 is 9.47 Å². The second-order valence-electron chi connectivity index (χ2n) is 5.22. The minimum atomic E-state index is 0.682. The van der Waals surface area contributed by atoms with Crippen molar-refractivity contribution in [1.29, 1.82) is 0 Å². The minimum absolute atomic E-state index is 0.682. The number of ether oxygens (including phenoxy) is 2. The van der Waals surface area contributed by atoms with Gasteiger partial charge in [0.1, 0.15) is 0 Å². The maximum atomic E-state index is 5.30. The predicted octanol–water partition coefficient (Wildman–Crippen LogP) is 2.41. The number of benzene rings is 1. The molecule has 2 N–H and O–H groups in total. The van der Waals surface area contributed by atoms with E-state index in [1.807, 2.05) is 18.2 Å². The Kier molecular flexibility index (Phi) is 7.43. The summed E-state index contributed by atoms with van der Waals surface area (Å²) >= 11 is 0. The Hall–Kier alpha value is -1.91. The highest BCUT2D eigenvalue weighted by atomic mass is 16.5. The van der Waals surface area contributed by atoms with Gasteiger partial charge in [-0.2, -0.15) is 0 Å². The van der Waals surface area contributed by atoms with Gasteiger partial charge < -0.3 is 20.1 Å². The first-order valence-electron chi connectivity index (χ1n) is 7.26. The second kappa shape index (κ2) is 9.10. The van der Waals surface area contributed by atoms with E-state index >= 15 is 0 Å². The van der Waals surface area contributed by atoms with E-state index in [0.717, 1.165) is 36.0 Å². The Morgan fingerprint density at radius 3 is 2.43 bits per heavy atom. The summed E-state index contributed by atoms with van der Waals surface area (Å²) in [5.41, 5.74) is 1.11. The van der Waals surface area contributed by atoms with Crippen molar-refractivity contribution >= 4 is 5.96 Å². The molecule has 0 aromatic heterocycles. The normalized spacial score (nSPS) is 11.4. The van der Waals surface area contributed by atoms with E-state index in [1.54, 1.807) is 21.3 Å². The van der Waals surface area contributed by atoms with E-state index in [-0.39, 0.29) is 0 Å². The Labute approximate surface area is 127 Å². The molecule has 1 aromatic carbocycles. The average Bonchev–Trinajstić information content (AvgIpc) is 2.49. The van der Waals surface area contributed by atoms with Gasteiger partial charge in [0.05, 0.1) is 14.2 Å². The third kappa shape index (κ3) is 5.94. The third-order valence-corrected chi connectivity index (χ3v) is 3.15. The van der Waals surface area contributed by atoms with Gasteiger partial charge in [-0.3, -0.25) is 4.99 Å². The Morgan fingerprint density at radius 1 is 1.14 bits per heavy atom. The van der Waals surface area contributed by atoms with Crippen LogP contribution in [-0.4, -0.2) is 33.8 Å². The van der Waals surface area contributed by atoms with E-state index in [0.29, 0.717) is 12.5 Å². The van der Waals surface area contributed by atoms with Crippen LogP contribution in [0.25, 0.3) is 0 Å². The lowest BCUT2D eigenvalue weighted by Gasteiger charge is -2.14. The van der Waals surface area contributed by atoms with Crippen LogP contribution < -0.4 is 20.1 Å². The zero-order valence-corrected chi connectivity index (χ0v) is 13.7. The molecule has 0 unspecified atom stereocenters. The number of hydrogen-bond acceptors (Lipinski definition) is 3. The highest BCUT2D eigenvalue weighted by Gasteiger charge is 2.05. The van der Waals surface area contributed by atoms with Crippen LogP contribution in [0, 0.1) is 5.92 Å². The number of nitrogens with one attached hydrogen (secondary N) is 2. The highest BCUT2D eigenvalue weighted by molar-refractivity contribution is 5.79. The van der Waals surface area contributed by atoms with Crippen LogP contribution in [0.2, 0.25) is 0 Å². The molecule has 0 bridgehead atoms. The lowest BCUT2D eigenvalue weighted by molar-refractivity contribution is 0.354. The van der Waals surface area contributed by atoms with Crippen LogP contribution in [0.3, 0.4) is 0 Å². The number of rotatable bonds is 7. The van der Waals surface area contributed by atoms with Gasteiger partial charge in [0.15, 0.2) is 17.5 Å². The van der Waals surface area contributed by atoms with Gasteiger partial charge in [-0.15, -0.1) is 0 Å². The molecule has 0 aliphatic rings. The standard InChI is InChI=1S/C16H27N3O2/c1-12(2)8-9-18-16(17-3)19-11-13-6-7-14(20-4)15(10-13)21-5/h6-7,10,12H,8-9,11H2,1-5H3,(H2,17,18,19). The molecule has 0 saturated heterocycles. The Bertz CT molecular complexity index is 459. The Morgan fingerprint density at radius 2 is 1.86 bits per heavy atom. The first kappa shape index (κ1) is 17.1. The molecule has 21 heavy (non-hydrogen) atoms. The van der Waals surface area contributed by atoms with E-state index in [1.165, 1.54) is 0 Å². The maximum absolute atomic E-state index is 5.30. The molecule has 0 aliphatic carbocycles. The summed E-state index contributed by atoms with van der Waals surface area (Å²) in [7, 11) is 5.05. The van der Waals surface area contributed by atoms with Crippen molar-refractivity contribution in [2.75, 3.05) is 27.8 Å². The van der Waals surface area contributed by atoms with Crippen LogP contribution in [0.15, 0.2) is 23.2 Å². The van der Waals surface area contributed by atoms with Crippen LogP contribution in [-0.2, 0) is 6.54 Å². The first-order valence-corrected chi connectivity index (χ1v) is 7.26. The smallest absolute Gasteiger partial charge is 0.191 e. The monoisotopic (exact) mass is 293 g/mol. The largest absolute Gasteiger partial charge is 0.493 e. The molecule has 118 valence electrons. The van der Waals surface area contributed by atoms with Gasteiger partial charge in [-0.05, 0) is 30.0 Å². The lowest BCUT2D eigenvalue weighted by atomic mass is 10.1. The van der Waals surface area contributed by atoms with Crippen molar-refractivity contribution in [2.45, 2.75) is 26.8 Å². The summed E-state index contributed by atoms with van der Waals surface area (Å²) < 4.78 is 10.5. The van der Waals surface area contributed by atoms with Gasteiger partial charge in [0.25, 0.3) is 0 Å². The molecular formula is C16H27N3O2. The molecule has 0 amide bonds. The van der Waals surface area contributed by atoms with E-state index in [9.17, 15) is 0 Å². The molecule has 1 aromatic rings. The molecule has 1 rings (SSSR count). The van der Waals surface area contributed by atoms with E-state index in [2.05, 4.69) is 29.5 Å². The molecule has 0 spiro atoms. The molecule has 0 fully saturated rings. The molecule has 0 radical (unpaired) electrons. The lowest BCUT2D eigenvalue weighted by Crippen LogP contribution is -2.37. The van der Waals surface area contributed by atoms with E-state index < -0.39 is 0 Å². The number of methoxy groups -OCH3 is 2. The summed E-state index contributed by atoms with van der Waals surface area (Å²) in [4.78, 5) is 4.21. The number of nitrogens with zero attached hydrogens (tertiary/aromatic N) is 1. The fourth-order valence-corrected chi connectivity index (χ4v) is 1.88. The van der Waals surface area contributed by atoms with Crippen molar-refractivity contribution in [2.24, 2.45) is 10.9 Å². The van der Waals surface area contributed by atoms with Gasteiger partial charge in [-0.1, -0.05) is 19.9 Å². The summed E-state index contributed by atoms with van der Waals surface area (Å²) in [6, 6.07) is 5.88. The van der Waals surface area contributed by atoms with Gasteiger partial charge >= 0.3 is 0 Å². The van der Waals surface area contributed by atoms with Crippen molar-refractivity contribution in [3.63, 3.8) is 0 Å².